The predicted molar refractivity (Wildman–Crippen MR) is 82.5 cm³/mol. The van der Waals surface area contributed by atoms with Crippen LogP contribution in [0.25, 0.3) is 0 Å². The number of carbonyl (C=O) groups is 1. The smallest absolute Gasteiger partial charge is 0.140 e. The Bertz CT molecular complexity index is 540. The Morgan fingerprint density at radius 3 is 2.60 bits per heavy atom. The van der Waals surface area contributed by atoms with Crippen molar-refractivity contribution in [2.75, 3.05) is 0 Å². The Morgan fingerprint density at radius 1 is 1.30 bits per heavy atom. The average Bonchev–Trinajstić information content (AvgIpc) is 2.97. The first kappa shape index (κ1) is 13.6. The summed E-state index contributed by atoms with van der Waals surface area (Å²) in [6.07, 6.45) is 4.82. The molecular weight excluding hydrogens is 244 g/mol. The molecule has 2 saturated carbocycles. The van der Waals surface area contributed by atoms with Gasteiger partial charge in [-0.1, -0.05) is 56.3 Å². The first-order chi connectivity index (χ1) is 9.47. The first-order valence-electron chi connectivity index (χ1n) is 7.74. The van der Waals surface area contributed by atoms with E-state index >= 15 is 0 Å². The molecule has 0 unspecified atom stereocenters. The number of hydrogen-bond acceptors (Lipinski definition) is 1. The minimum absolute atomic E-state index is 0.0102. The highest BCUT2D eigenvalue weighted by Gasteiger charge is 2.62. The summed E-state index contributed by atoms with van der Waals surface area (Å²) in [4.78, 5) is 12.9. The summed E-state index contributed by atoms with van der Waals surface area (Å²) in [5.74, 6) is 1.05. The van der Waals surface area contributed by atoms with Crippen molar-refractivity contribution in [1.29, 1.82) is 0 Å². The Hall–Kier alpha value is -1.37. The monoisotopic (exact) mass is 268 g/mol. The molecule has 2 bridgehead atoms. The average molecular weight is 268 g/mol. The van der Waals surface area contributed by atoms with Gasteiger partial charge in [0.1, 0.15) is 5.78 Å². The molecule has 0 N–H and O–H groups in total. The molecule has 1 nitrogen and oxygen atoms in total. The lowest BCUT2D eigenvalue weighted by Gasteiger charge is -2.42. The van der Waals surface area contributed by atoms with Gasteiger partial charge in [-0.15, -0.1) is 0 Å². The molecule has 20 heavy (non-hydrogen) atoms. The van der Waals surface area contributed by atoms with Gasteiger partial charge in [0, 0.05) is 11.8 Å². The van der Waals surface area contributed by atoms with Crippen molar-refractivity contribution in [2.24, 2.45) is 16.7 Å². The van der Waals surface area contributed by atoms with Crippen LogP contribution in [0.15, 0.2) is 42.5 Å². The SMILES string of the molecule is C=C1[C@@H]2CC[C@](C(=O)CCc3ccccc3)(C2)C1(C)C. The third kappa shape index (κ3) is 1.79. The highest BCUT2D eigenvalue weighted by atomic mass is 16.1. The van der Waals surface area contributed by atoms with E-state index < -0.39 is 0 Å². The van der Waals surface area contributed by atoms with Gasteiger partial charge in [-0.25, -0.2) is 0 Å². The van der Waals surface area contributed by atoms with Crippen molar-refractivity contribution in [3.05, 3.63) is 48.0 Å². The maximum Gasteiger partial charge on any atom is 0.140 e. The fourth-order valence-corrected chi connectivity index (χ4v) is 4.47. The number of hydrogen-bond donors (Lipinski definition) is 0. The lowest BCUT2D eigenvalue weighted by Crippen LogP contribution is -2.41. The fourth-order valence-electron chi connectivity index (χ4n) is 4.47. The third-order valence-corrected chi connectivity index (χ3v) is 6.02. The summed E-state index contributed by atoms with van der Waals surface area (Å²) in [6.45, 7) is 8.75. The summed E-state index contributed by atoms with van der Waals surface area (Å²) in [5, 5.41) is 0. The number of allylic oxidation sites excluding steroid dienone is 1. The Labute approximate surface area is 122 Å². The van der Waals surface area contributed by atoms with E-state index in [2.05, 4.69) is 32.6 Å². The van der Waals surface area contributed by atoms with E-state index in [4.69, 9.17) is 0 Å². The molecule has 2 aliphatic rings. The zero-order valence-electron chi connectivity index (χ0n) is 12.6. The molecule has 0 radical (unpaired) electrons. The van der Waals surface area contributed by atoms with Crippen molar-refractivity contribution in [3.8, 4) is 0 Å². The molecule has 1 aromatic rings. The van der Waals surface area contributed by atoms with E-state index in [1.807, 2.05) is 18.2 Å². The van der Waals surface area contributed by atoms with Crippen LogP contribution in [0.2, 0.25) is 0 Å². The molecule has 0 aliphatic heterocycles. The Morgan fingerprint density at radius 2 is 2.00 bits per heavy atom. The number of carbonyl (C=O) groups excluding carboxylic acids is 1. The molecule has 3 rings (SSSR count). The Balaban J connectivity index is 1.76. The summed E-state index contributed by atoms with van der Waals surface area (Å²) >= 11 is 0. The molecule has 0 spiro atoms. The number of benzene rings is 1. The van der Waals surface area contributed by atoms with Crippen molar-refractivity contribution >= 4 is 5.78 Å². The van der Waals surface area contributed by atoms with Crippen molar-refractivity contribution in [1.82, 2.24) is 0 Å². The van der Waals surface area contributed by atoms with Crippen LogP contribution in [0.5, 0.6) is 0 Å². The van der Waals surface area contributed by atoms with Crippen LogP contribution in [0.1, 0.15) is 45.1 Å². The van der Waals surface area contributed by atoms with E-state index in [9.17, 15) is 4.79 Å². The van der Waals surface area contributed by atoms with Gasteiger partial charge in [-0.2, -0.15) is 0 Å². The van der Waals surface area contributed by atoms with Crippen LogP contribution in [-0.4, -0.2) is 5.78 Å². The van der Waals surface area contributed by atoms with Crippen LogP contribution < -0.4 is 0 Å². The Kier molecular flexibility index (Phi) is 3.12. The topological polar surface area (TPSA) is 17.1 Å². The maximum absolute atomic E-state index is 12.9. The van der Waals surface area contributed by atoms with Gasteiger partial charge in [0.15, 0.2) is 0 Å². The predicted octanol–water partition coefficient (Wildman–Crippen LogP) is 4.57. The zero-order valence-corrected chi connectivity index (χ0v) is 12.6. The second kappa shape index (κ2) is 4.58. The van der Waals surface area contributed by atoms with E-state index in [1.54, 1.807) is 0 Å². The van der Waals surface area contributed by atoms with Gasteiger partial charge in [0.05, 0.1) is 0 Å². The molecule has 2 fully saturated rings. The van der Waals surface area contributed by atoms with E-state index in [0.717, 1.165) is 19.3 Å². The maximum atomic E-state index is 12.9. The van der Waals surface area contributed by atoms with E-state index in [1.165, 1.54) is 17.6 Å². The number of aryl methyl sites for hydroxylation is 1. The quantitative estimate of drug-likeness (QED) is 0.731. The summed E-state index contributed by atoms with van der Waals surface area (Å²) in [6, 6.07) is 10.3. The number of fused-ring (bicyclic) bond motifs is 2. The van der Waals surface area contributed by atoms with Crippen LogP contribution in [-0.2, 0) is 11.2 Å². The molecule has 1 heteroatoms. The minimum Gasteiger partial charge on any atom is -0.299 e. The van der Waals surface area contributed by atoms with E-state index in [-0.39, 0.29) is 10.8 Å². The van der Waals surface area contributed by atoms with Crippen molar-refractivity contribution in [3.63, 3.8) is 0 Å². The zero-order chi connectivity index (χ0) is 14.4. The molecule has 2 atom stereocenters. The molecule has 0 aromatic heterocycles. The van der Waals surface area contributed by atoms with Gasteiger partial charge in [-0.3, -0.25) is 4.79 Å². The third-order valence-electron chi connectivity index (χ3n) is 6.02. The molecule has 106 valence electrons. The first-order valence-corrected chi connectivity index (χ1v) is 7.74. The summed E-state index contributed by atoms with van der Waals surface area (Å²) < 4.78 is 0. The standard InChI is InChI=1S/C19H24O/c1-14-16-11-12-19(13-16,18(14,2)3)17(20)10-9-15-7-5-4-6-8-15/h4-8,16H,1,9-13H2,2-3H3/t16-,19-/m1/s1. The number of Topliss-reactive ketones (excluding diaryl/α,β-unsaturated/α-hetero) is 1. The molecule has 1 aromatic carbocycles. The second-order valence-corrected chi connectivity index (χ2v) is 7.08. The van der Waals surface area contributed by atoms with Gasteiger partial charge in [-0.05, 0) is 42.6 Å². The minimum atomic E-state index is -0.121. The molecular formula is C19H24O. The van der Waals surface area contributed by atoms with Crippen LogP contribution in [0.4, 0.5) is 0 Å². The highest BCUT2D eigenvalue weighted by Crippen LogP contribution is 2.67. The van der Waals surface area contributed by atoms with Gasteiger partial charge < -0.3 is 0 Å². The lowest BCUT2D eigenvalue weighted by atomic mass is 9.60. The van der Waals surface area contributed by atoms with E-state index in [0.29, 0.717) is 18.1 Å². The van der Waals surface area contributed by atoms with Gasteiger partial charge >= 0.3 is 0 Å². The summed E-state index contributed by atoms with van der Waals surface area (Å²) in [5.41, 5.74) is 2.45. The lowest BCUT2D eigenvalue weighted by molar-refractivity contribution is -0.132. The highest BCUT2D eigenvalue weighted by molar-refractivity contribution is 5.87. The van der Waals surface area contributed by atoms with Crippen molar-refractivity contribution < 1.29 is 4.79 Å². The fraction of sp³-hybridized carbons (Fsp3) is 0.526. The van der Waals surface area contributed by atoms with Crippen LogP contribution >= 0.6 is 0 Å². The molecule has 0 saturated heterocycles. The van der Waals surface area contributed by atoms with Gasteiger partial charge in [0.25, 0.3) is 0 Å². The largest absolute Gasteiger partial charge is 0.299 e. The molecule has 0 heterocycles. The molecule has 0 amide bonds. The van der Waals surface area contributed by atoms with Crippen LogP contribution in [0.3, 0.4) is 0 Å². The van der Waals surface area contributed by atoms with Gasteiger partial charge in [0.2, 0.25) is 0 Å². The van der Waals surface area contributed by atoms with Crippen LogP contribution in [0, 0.1) is 16.7 Å². The van der Waals surface area contributed by atoms with Crippen molar-refractivity contribution in [2.45, 2.75) is 46.0 Å². The summed E-state index contributed by atoms with van der Waals surface area (Å²) in [7, 11) is 0. The second-order valence-electron chi connectivity index (χ2n) is 7.08. The number of rotatable bonds is 4. The normalized spacial score (nSPS) is 30.7. The number of ketones is 1. The molecule has 2 aliphatic carbocycles.